The molecule has 1 aromatic heterocycles. The van der Waals surface area contributed by atoms with Gasteiger partial charge in [-0.25, -0.2) is 5.43 Å². The predicted octanol–water partition coefficient (Wildman–Crippen LogP) is 2.88. The van der Waals surface area contributed by atoms with Gasteiger partial charge in [0.2, 0.25) is 0 Å². The van der Waals surface area contributed by atoms with E-state index >= 15 is 0 Å². The van der Waals surface area contributed by atoms with E-state index < -0.39 is 0 Å². The van der Waals surface area contributed by atoms with Gasteiger partial charge in [0.15, 0.2) is 18.1 Å². The molecule has 0 bridgehead atoms. The zero-order valence-corrected chi connectivity index (χ0v) is 19.6. The molecule has 0 atom stereocenters. The molecular formula is C26H28N4O5. The van der Waals surface area contributed by atoms with E-state index in [1.165, 1.54) is 6.21 Å². The molecule has 182 valence electrons. The molecule has 2 heterocycles. The van der Waals surface area contributed by atoms with Crippen LogP contribution in [0.3, 0.4) is 0 Å². The summed E-state index contributed by atoms with van der Waals surface area (Å²) in [7, 11) is 0. The molecule has 4 rings (SSSR count). The Morgan fingerprint density at radius 3 is 2.57 bits per heavy atom. The first-order chi connectivity index (χ1) is 17.2. The molecule has 3 aromatic rings. The van der Waals surface area contributed by atoms with Crippen molar-refractivity contribution in [1.82, 2.24) is 14.9 Å². The normalized spacial score (nSPS) is 13.6. The van der Waals surface area contributed by atoms with Gasteiger partial charge in [0, 0.05) is 25.5 Å². The summed E-state index contributed by atoms with van der Waals surface area (Å²) in [6.45, 7) is 4.43. The van der Waals surface area contributed by atoms with Gasteiger partial charge in [0.25, 0.3) is 11.8 Å². The number of nitrogens with one attached hydrogen (secondary N) is 1. The fourth-order valence-corrected chi connectivity index (χ4v) is 3.65. The van der Waals surface area contributed by atoms with Crippen LogP contribution >= 0.6 is 0 Å². The molecule has 9 nitrogen and oxygen atoms in total. The van der Waals surface area contributed by atoms with Gasteiger partial charge in [-0.2, -0.15) is 5.10 Å². The van der Waals surface area contributed by atoms with Gasteiger partial charge < -0.3 is 23.7 Å². The molecule has 9 heteroatoms. The Hall–Kier alpha value is -4.11. The van der Waals surface area contributed by atoms with Crippen LogP contribution in [-0.4, -0.2) is 67.0 Å². The summed E-state index contributed by atoms with van der Waals surface area (Å²) in [5, 5.41) is 4.10. The number of hydrogen-bond acceptors (Lipinski definition) is 6. The average molecular weight is 477 g/mol. The zero-order valence-electron chi connectivity index (χ0n) is 19.6. The van der Waals surface area contributed by atoms with Gasteiger partial charge in [-0.05, 0) is 55.0 Å². The van der Waals surface area contributed by atoms with Crippen molar-refractivity contribution >= 4 is 18.0 Å². The first-order valence-electron chi connectivity index (χ1n) is 11.5. The second-order valence-electron chi connectivity index (χ2n) is 7.73. The number of nitrogens with zero attached hydrogens (tertiary/aromatic N) is 3. The van der Waals surface area contributed by atoms with Gasteiger partial charge in [-0.3, -0.25) is 9.59 Å². The summed E-state index contributed by atoms with van der Waals surface area (Å²) in [4.78, 5) is 26.8. The number of carbonyl (C=O) groups excluding carboxylic acids is 2. The maximum absolute atomic E-state index is 12.7. The van der Waals surface area contributed by atoms with Crippen LogP contribution < -0.4 is 14.9 Å². The van der Waals surface area contributed by atoms with Crippen LogP contribution in [0.1, 0.15) is 22.8 Å². The van der Waals surface area contributed by atoms with Crippen LogP contribution in [0.2, 0.25) is 0 Å². The van der Waals surface area contributed by atoms with Crippen molar-refractivity contribution in [1.29, 1.82) is 0 Å². The molecule has 2 aromatic carbocycles. The summed E-state index contributed by atoms with van der Waals surface area (Å²) in [6.07, 6.45) is 5.28. The maximum Gasteiger partial charge on any atom is 0.273 e. The van der Waals surface area contributed by atoms with E-state index in [1.54, 1.807) is 29.2 Å². The molecule has 0 radical (unpaired) electrons. The largest absolute Gasteiger partial charge is 0.490 e. The van der Waals surface area contributed by atoms with Crippen molar-refractivity contribution in [3.05, 3.63) is 78.1 Å². The van der Waals surface area contributed by atoms with Crippen molar-refractivity contribution in [3.8, 4) is 17.2 Å². The molecule has 1 fully saturated rings. The van der Waals surface area contributed by atoms with Crippen LogP contribution in [0.5, 0.6) is 11.5 Å². The highest BCUT2D eigenvalue weighted by atomic mass is 16.5. The number of ether oxygens (including phenoxy) is 3. The van der Waals surface area contributed by atoms with Crippen molar-refractivity contribution in [2.75, 3.05) is 39.5 Å². The molecule has 1 aliphatic heterocycles. The lowest BCUT2D eigenvalue weighted by Gasteiger charge is -2.26. The molecule has 0 saturated carbocycles. The Bertz CT molecular complexity index is 1170. The maximum atomic E-state index is 12.7. The number of rotatable bonds is 9. The second kappa shape index (κ2) is 11.8. The third-order valence-corrected chi connectivity index (χ3v) is 5.39. The molecule has 0 aliphatic carbocycles. The minimum atomic E-state index is -0.322. The number of hydrazone groups is 1. The topological polar surface area (TPSA) is 94.4 Å². The fraction of sp³-hybridized carbons (Fsp3) is 0.269. The van der Waals surface area contributed by atoms with Crippen molar-refractivity contribution in [3.63, 3.8) is 0 Å². The lowest BCUT2D eigenvalue weighted by atomic mass is 10.1. The molecule has 1 saturated heterocycles. The Morgan fingerprint density at radius 2 is 1.80 bits per heavy atom. The fourth-order valence-electron chi connectivity index (χ4n) is 3.65. The van der Waals surface area contributed by atoms with E-state index in [4.69, 9.17) is 14.2 Å². The van der Waals surface area contributed by atoms with E-state index in [2.05, 4.69) is 10.5 Å². The van der Waals surface area contributed by atoms with Gasteiger partial charge >= 0.3 is 0 Å². The van der Waals surface area contributed by atoms with E-state index in [0.29, 0.717) is 55.5 Å². The van der Waals surface area contributed by atoms with Gasteiger partial charge in [0.05, 0.1) is 37.3 Å². The van der Waals surface area contributed by atoms with E-state index in [0.717, 1.165) is 5.69 Å². The highest BCUT2D eigenvalue weighted by Crippen LogP contribution is 2.28. The SMILES string of the molecule is CCOc1cc(/C=N/NC(=O)c2ccccc2-n2cccc2)ccc1OCC(=O)N1CCOCC1. The molecule has 0 spiro atoms. The summed E-state index contributed by atoms with van der Waals surface area (Å²) >= 11 is 0. The highest BCUT2D eigenvalue weighted by molar-refractivity contribution is 5.98. The Morgan fingerprint density at radius 1 is 1.03 bits per heavy atom. The predicted molar refractivity (Wildman–Crippen MR) is 131 cm³/mol. The Balaban J connectivity index is 1.39. The lowest BCUT2D eigenvalue weighted by Crippen LogP contribution is -2.43. The van der Waals surface area contributed by atoms with E-state index in [9.17, 15) is 9.59 Å². The summed E-state index contributed by atoms with van der Waals surface area (Å²) in [5.74, 6) is 0.548. The molecule has 2 amide bonds. The lowest BCUT2D eigenvalue weighted by molar-refractivity contribution is -0.137. The molecule has 0 unspecified atom stereocenters. The number of amides is 2. The molecule has 35 heavy (non-hydrogen) atoms. The minimum Gasteiger partial charge on any atom is -0.490 e. The van der Waals surface area contributed by atoms with Crippen LogP contribution in [0, 0.1) is 0 Å². The third kappa shape index (κ3) is 6.27. The molecule has 1 N–H and O–H groups in total. The Labute approximate surface area is 203 Å². The average Bonchev–Trinajstić information content (AvgIpc) is 3.44. The van der Waals surface area contributed by atoms with Gasteiger partial charge in [-0.1, -0.05) is 12.1 Å². The van der Waals surface area contributed by atoms with Crippen molar-refractivity contribution < 1.29 is 23.8 Å². The number of morpholine rings is 1. The number of benzene rings is 2. The first-order valence-corrected chi connectivity index (χ1v) is 11.5. The smallest absolute Gasteiger partial charge is 0.273 e. The van der Waals surface area contributed by atoms with Crippen LogP contribution in [0.15, 0.2) is 72.1 Å². The summed E-state index contributed by atoms with van der Waals surface area (Å²) in [6, 6.07) is 16.4. The van der Waals surface area contributed by atoms with Gasteiger partial charge in [-0.15, -0.1) is 0 Å². The zero-order chi connectivity index (χ0) is 24.5. The van der Waals surface area contributed by atoms with Crippen molar-refractivity contribution in [2.45, 2.75) is 6.92 Å². The molecule has 1 aliphatic rings. The third-order valence-electron chi connectivity index (χ3n) is 5.39. The second-order valence-corrected chi connectivity index (χ2v) is 7.73. The van der Waals surface area contributed by atoms with Gasteiger partial charge in [0.1, 0.15) is 0 Å². The number of hydrogen-bond donors (Lipinski definition) is 1. The summed E-state index contributed by atoms with van der Waals surface area (Å²) in [5.41, 5.74) is 4.55. The first kappa shape index (κ1) is 24.0. The number of aromatic nitrogens is 1. The minimum absolute atomic E-state index is 0.0790. The number of para-hydroxylation sites is 1. The van der Waals surface area contributed by atoms with E-state index in [1.807, 2.05) is 54.2 Å². The number of carbonyl (C=O) groups is 2. The highest BCUT2D eigenvalue weighted by Gasteiger charge is 2.18. The molecular weight excluding hydrogens is 448 g/mol. The monoisotopic (exact) mass is 476 g/mol. The van der Waals surface area contributed by atoms with Crippen LogP contribution in [0.4, 0.5) is 0 Å². The van der Waals surface area contributed by atoms with E-state index in [-0.39, 0.29) is 18.4 Å². The van der Waals surface area contributed by atoms with Crippen molar-refractivity contribution in [2.24, 2.45) is 5.10 Å². The quantitative estimate of drug-likeness (QED) is 0.379. The Kier molecular flexibility index (Phi) is 8.13. The van der Waals surface area contributed by atoms with Crippen LogP contribution in [0.25, 0.3) is 5.69 Å². The standard InChI is InChI=1S/C26H28N4O5/c1-2-34-24-17-20(9-10-23(24)35-19-25(31)30-13-15-33-16-14-30)18-27-28-26(32)21-7-3-4-8-22(21)29-11-5-6-12-29/h3-12,17-18H,2,13-16,19H2,1H3,(H,28,32)/b27-18+. The summed E-state index contributed by atoms with van der Waals surface area (Å²) < 4.78 is 18.6. The van der Waals surface area contributed by atoms with Crippen LogP contribution in [-0.2, 0) is 9.53 Å².